The Balaban J connectivity index is 1.85. The summed E-state index contributed by atoms with van der Waals surface area (Å²) in [5, 5.41) is 3.04. The van der Waals surface area contributed by atoms with Crippen LogP contribution >= 0.6 is 0 Å². The number of nitrogens with one attached hydrogen (secondary N) is 1. The minimum atomic E-state index is -3.59. The van der Waals surface area contributed by atoms with Crippen molar-refractivity contribution in [3.05, 3.63) is 58.7 Å². The van der Waals surface area contributed by atoms with Crippen molar-refractivity contribution in [1.29, 1.82) is 0 Å². The van der Waals surface area contributed by atoms with Crippen LogP contribution in [0.3, 0.4) is 0 Å². The molecule has 0 aromatic heterocycles. The predicted molar refractivity (Wildman–Crippen MR) is 117 cm³/mol. The molecule has 0 bridgehead atoms. The van der Waals surface area contributed by atoms with Crippen LogP contribution in [-0.4, -0.2) is 38.8 Å². The zero-order valence-corrected chi connectivity index (χ0v) is 18.9. The Hall–Kier alpha value is -2.38. The molecule has 6 nitrogen and oxygen atoms in total. The Morgan fingerprint density at radius 3 is 2.40 bits per heavy atom. The summed E-state index contributed by atoms with van der Waals surface area (Å²) in [6.45, 7) is 6.80. The molecule has 1 saturated heterocycles. The number of benzene rings is 2. The summed E-state index contributed by atoms with van der Waals surface area (Å²) in [6, 6.07) is 10.6. The Kier molecular flexibility index (Phi) is 6.83. The molecular formula is C23H30N2O4S. The standard InChI is InChI=1S/C23H30N2O4S/c1-5-20(18-10-11-21(29-4)17(3)14-18)24-23(26)19-9-8-16(2)22(15-19)30(27,28)25-12-6-7-13-25/h8-11,14-15,20H,5-7,12-13H2,1-4H3,(H,24,26)/t20-/m1/s1. The second-order valence-electron chi connectivity index (χ2n) is 7.75. The fourth-order valence-electron chi connectivity index (χ4n) is 3.87. The summed E-state index contributed by atoms with van der Waals surface area (Å²) >= 11 is 0. The summed E-state index contributed by atoms with van der Waals surface area (Å²) in [5.41, 5.74) is 2.98. The first kappa shape index (κ1) is 22.3. The van der Waals surface area contributed by atoms with Crippen molar-refractivity contribution in [2.75, 3.05) is 20.2 Å². The molecule has 1 aliphatic rings. The van der Waals surface area contributed by atoms with E-state index >= 15 is 0 Å². The van der Waals surface area contributed by atoms with Crippen LogP contribution in [0.25, 0.3) is 0 Å². The Bertz CT molecular complexity index is 1030. The smallest absolute Gasteiger partial charge is 0.251 e. The molecule has 30 heavy (non-hydrogen) atoms. The number of hydrogen-bond donors (Lipinski definition) is 1. The van der Waals surface area contributed by atoms with Crippen molar-refractivity contribution in [2.24, 2.45) is 0 Å². The topological polar surface area (TPSA) is 75.7 Å². The van der Waals surface area contributed by atoms with E-state index in [0.717, 1.165) is 29.7 Å². The number of ether oxygens (including phenoxy) is 1. The summed E-state index contributed by atoms with van der Waals surface area (Å²) < 4.78 is 32.8. The number of nitrogens with zero attached hydrogens (tertiary/aromatic N) is 1. The summed E-state index contributed by atoms with van der Waals surface area (Å²) in [5.74, 6) is 0.517. The molecule has 0 saturated carbocycles. The second-order valence-corrected chi connectivity index (χ2v) is 9.66. The molecule has 0 spiro atoms. The third-order valence-electron chi connectivity index (χ3n) is 5.67. The molecule has 1 N–H and O–H groups in total. The van der Waals surface area contributed by atoms with Gasteiger partial charge in [-0.2, -0.15) is 4.31 Å². The third kappa shape index (κ3) is 4.52. The third-order valence-corrected chi connectivity index (χ3v) is 7.71. The Morgan fingerprint density at radius 2 is 1.80 bits per heavy atom. The van der Waals surface area contributed by atoms with E-state index in [-0.39, 0.29) is 16.8 Å². The molecule has 1 atom stereocenters. The molecule has 0 radical (unpaired) electrons. The fraction of sp³-hybridized carbons (Fsp3) is 0.435. The number of carbonyl (C=O) groups excluding carboxylic acids is 1. The zero-order chi connectivity index (χ0) is 21.9. The van der Waals surface area contributed by atoms with Gasteiger partial charge < -0.3 is 10.1 Å². The highest BCUT2D eigenvalue weighted by atomic mass is 32.2. The second kappa shape index (κ2) is 9.18. The van der Waals surface area contributed by atoms with E-state index in [2.05, 4.69) is 5.32 Å². The minimum Gasteiger partial charge on any atom is -0.496 e. The van der Waals surface area contributed by atoms with E-state index in [9.17, 15) is 13.2 Å². The van der Waals surface area contributed by atoms with Gasteiger partial charge in [0.1, 0.15) is 5.75 Å². The highest BCUT2D eigenvalue weighted by molar-refractivity contribution is 7.89. The number of methoxy groups -OCH3 is 1. The number of carbonyl (C=O) groups is 1. The lowest BCUT2D eigenvalue weighted by Crippen LogP contribution is -2.30. The lowest BCUT2D eigenvalue weighted by Gasteiger charge is -2.20. The van der Waals surface area contributed by atoms with E-state index < -0.39 is 10.0 Å². The van der Waals surface area contributed by atoms with Crippen LogP contribution in [0, 0.1) is 13.8 Å². The molecule has 1 fully saturated rings. The molecule has 2 aromatic carbocycles. The average molecular weight is 431 g/mol. The minimum absolute atomic E-state index is 0.179. The number of sulfonamides is 1. The van der Waals surface area contributed by atoms with Crippen LogP contribution in [0.1, 0.15) is 59.3 Å². The predicted octanol–water partition coefficient (Wildman–Crippen LogP) is 3.98. The average Bonchev–Trinajstić information content (AvgIpc) is 3.28. The lowest BCUT2D eigenvalue weighted by atomic mass is 10.0. The van der Waals surface area contributed by atoms with Gasteiger partial charge in [-0.3, -0.25) is 4.79 Å². The van der Waals surface area contributed by atoms with Gasteiger partial charge in [-0.15, -0.1) is 0 Å². The molecule has 0 unspecified atom stereocenters. The van der Waals surface area contributed by atoms with Crippen LogP contribution in [0.5, 0.6) is 5.75 Å². The van der Waals surface area contributed by atoms with Gasteiger partial charge >= 0.3 is 0 Å². The Morgan fingerprint density at radius 1 is 1.10 bits per heavy atom. The van der Waals surface area contributed by atoms with Crippen molar-refractivity contribution < 1.29 is 17.9 Å². The highest BCUT2D eigenvalue weighted by Gasteiger charge is 2.29. The number of amides is 1. The monoisotopic (exact) mass is 430 g/mol. The SMILES string of the molecule is CC[C@@H](NC(=O)c1ccc(C)c(S(=O)(=O)N2CCCC2)c1)c1ccc(OC)c(C)c1. The van der Waals surface area contributed by atoms with Crippen LogP contribution in [-0.2, 0) is 10.0 Å². The number of aryl methyl sites for hydroxylation is 2. The summed E-state index contributed by atoms with van der Waals surface area (Å²) in [6.07, 6.45) is 2.46. The van der Waals surface area contributed by atoms with Crippen LogP contribution in [0.15, 0.2) is 41.3 Å². The van der Waals surface area contributed by atoms with Crippen molar-refractivity contribution in [2.45, 2.75) is 51.0 Å². The summed E-state index contributed by atoms with van der Waals surface area (Å²) in [4.78, 5) is 13.2. The van der Waals surface area contributed by atoms with Crippen LogP contribution < -0.4 is 10.1 Å². The van der Waals surface area contributed by atoms with Crippen LogP contribution in [0.2, 0.25) is 0 Å². The molecule has 1 aliphatic heterocycles. The van der Waals surface area contributed by atoms with Gasteiger partial charge in [-0.25, -0.2) is 8.42 Å². The van der Waals surface area contributed by atoms with Gasteiger partial charge in [0, 0.05) is 18.7 Å². The number of hydrogen-bond acceptors (Lipinski definition) is 4. The van der Waals surface area contributed by atoms with E-state index in [0.29, 0.717) is 30.6 Å². The van der Waals surface area contributed by atoms with Crippen molar-refractivity contribution in [1.82, 2.24) is 9.62 Å². The highest BCUT2D eigenvalue weighted by Crippen LogP contribution is 2.27. The largest absolute Gasteiger partial charge is 0.496 e. The van der Waals surface area contributed by atoms with E-state index in [1.54, 1.807) is 26.2 Å². The molecule has 3 rings (SSSR count). The molecule has 2 aromatic rings. The Labute approximate surface area is 179 Å². The van der Waals surface area contributed by atoms with Gasteiger partial charge in [0.2, 0.25) is 10.0 Å². The maximum atomic E-state index is 13.0. The first-order chi connectivity index (χ1) is 14.3. The van der Waals surface area contributed by atoms with Crippen LogP contribution in [0.4, 0.5) is 0 Å². The van der Waals surface area contributed by atoms with Gasteiger partial charge in [-0.05, 0) is 68.0 Å². The van der Waals surface area contributed by atoms with Gasteiger partial charge in [0.15, 0.2) is 0 Å². The zero-order valence-electron chi connectivity index (χ0n) is 18.1. The van der Waals surface area contributed by atoms with Crippen molar-refractivity contribution >= 4 is 15.9 Å². The molecule has 0 aliphatic carbocycles. The maximum absolute atomic E-state index is 13.0. The van der Waals surface area contributed by atoms with Gasteiger partial charge in [0.25, 0.3) is 5.91 Å². The van der Waals surface area contributed by atoms with Gasteiger partial charge in [-0.1, -0.05) is 25.1 Å². The maximum Gasteiger partial charge on any atom is 0.251 e. The molecule has 1 heterocycles. The quantitative estimate of drug-likeness (QED) is 0.721. The number of rotatable bonds is 7. The first-order valence-electron chi connectivity index (χ1n) is 10.3. The first-order valence-corrected chi connectivity index (χ1v) is 11.8. The van der Waals surface area contributed by atoms with E-state index in [1.165, 1.54) is 10.4 Å². The summed E-state index contributed by atoms with van der Waals surface area (Å²) in [7, 11) is -1.95. The lowest BCUT2D eigenvalue weighted by molar-refractivity contribution is 0.0935. The van der Waals surface area contributed by atoms with Gasteiger partial charge in [0.05, 0.1) is 18.0 Å². The molecule has 162 valence electrons. The normalized spacial score (nSPS) is 15.7. The van der Waals surface area contributed by atoms with Crippen molar-refractivity contribution in [3.63, 3.8) is 0 Å². The fourth-order valence-corrected chi connectivity index (χ4v) is 5.64. The molecular weight excluding hydrogens is 400 g/mol. The molecule has 7 heteroatoms. The van der Waals surface area contributed by atoms with Crippen molar-refractivity contribution in [3.8, 4) is 5.75 Å². The molecule has 1 amide bonds. The van der Waals surface area contributed by atoms with E-state index in [4.69, 9.17) is 4.74 Å². The van der Waals surface area contributed by atoms with E-state index in [1.807, 2.05) is 32.0 Å².